The number of amides is 2. The smallest absolute Gasteiger partial charge is 0.250 e. The van der Waals surface area contributed by atoms with Crippen LogP contribution in [0.25, 0.3) is 20.9 Å². The molecule has 6 heterocycles. The van der Waals surface area contributed by atoms with Crippen LogP contribution < -0.4 is 21.8 Å². The van der Waals surface area contributed by atoms with Crippen LogP contribution in [-0.2, 0) is 33.2 Å². The van der Waals surface area contributed by atoms with E-state index in [1.807, 2.05) is 74.8 Å². The second-order valence-corrected chi connectivity index (χ2v) is 19.0. The van der Waals surface area contributed by atoms with Crippen molar-refractivity contribution < 1.29 is 19.1 Å². The number of benzene rings is 2. The first-order chi connectivity index (χ1) is 29.6. The van der Waals surface area contributed by atoms with Crippen LogP contribution in [0.2, 0.25) is 10.0 Å². The van der Waals surface area contributed by atoms with E-state index >= 15 is 0 Å². The minimum atomic E-state index is -0.546. The maximum atomic E-state index is 12.5. The first-order valence-corrected chi connectivity index (χ1v) is 23.0. The number of carbonyl (C=O) groups excluding carboxylic acids is 2. The highest BCUT2D eigenvalue weighted by Crippen LogP contribution is 2.52. The van der Waals surface area contributed by atoms with Gasteiger partial charge in [0.05, 0.1) is 25.0 Å². The Hall–Kier alpha value is -4.82. The van der Waals surface area contributed by atoms with Crippen molar-refractivity contribution in [3.8, 4) is 20.9 Å². The van der Waals surface area contributed by atoms with Gasteiger partial charge in [-0.15, -0.1) is 22.7 Å². The fourth-order valence-corrected chi connectivity index (χ4v) is 10.8. The van der Waals surface area contributed by atoms with Crippen molar-refractivity contribution in [1.29, 1.82) is 0 Å². The number of hydrogen-bond donors (Lipinski definition) is 2. The molecule has 4 atom stereocenters. The van der Waals surface area contributed by atoms with E-state index in [0.29, 0.717) is 23.1 Å². The molecule has 2 aliphatic rings. The van der Waals surface area contributed by atoms with Crippen LogP contribution in [0.3, 0.4) is 0 Å². The fourth-order valence-electron chi connectivity index (χ4n) is 8.09. The summed E-state index contributed by atoms with van der Waals surface area (Å²) in [6, 6.07) is 18.4. The van der Waals surface area contributed by atoms with Gasteiger partial charge in [-0.1, -0.05) is 47.5 Å². The molecule has 0 saturated heterocycles. The lowest BCUT2D eigenvalue weighted by molar-refractivity contribution is -0.125. The second kappa shape index (κ2) is 18.9. The number of fused-ring (bicyclic) bond motifs is 6. The fraction of sp³-hybridized carbons (Fsp3) is 0.333. The minimum absolute atomic E-state index is 0.104. The molecular weight excluding hydrogens is 864 g/mol. The zero-order valence-corrected chi connectivity index (χ0v) is 39.1. The molecule has 2 amide bonds. The third kappa shape index (κ3) is 9.13. The monoisotopic (exact) mass is 912 g/mol. The lowest BCUT2D eigenvalue weighted by Gasteiger charge is -2.24. The number of thiophene rings is 2. The number of rotatable bonds is 8. The van der Waals surface area contributed by atoms with Crippen molar-refractivity contribution in [2.75, 3.05) is 13.1 Å². The highest BCUT2D eigenvalue weighted by molar-refractivity contribution is 7.16. The Labute approximate surface area is 379 Å². The van der Waals surface area contributed by atoms with Gasteiger partial charge in [0, 0.05) is 104 Å². The normalized spacial score (nSPS) is 17.6. The van der Waals surface area contributed by atoms with E-state index in [1.54, 1.807) is 58.0 Å². The molecule has 14 heteroatoms. The largest absolute Gasteiger partial charge is 0.360 e. The highest BCUT2D eigenvalue weighted by atomic mass is 35.5. The highest BCUT2D eigenvalue weighted by Gasteiger charge is 2.37. The minimum Gasteiger partial charge on any atom is -0.360 e. The van der Waals surface area contributed by atoms with Crippen molar-refractivity contribution in [2.45, 2.75) is 78.8 Å². The summed E-state index contributed by atoms with van der Waals surface area (Å²) >= 11 is 15.7. The molecule has 0 spiro atoms. The molecule has 2 unspecified atom stereocenters. The SMILES string of the molecule is CCNC(=O)C[C@@H]1OC(c2ccc(Cl)cc2)c2c(sc(C)c2C)-c2cn(C)c(=O)cc21.CCNC(=O)C[C@H]1OC(c2ccc(Cl)cc2)c2c(sc(C)c2C)-c2cn(C)c(=O)cc21. The molecule has 2 aliphatic heterocycles. The van der Waals surface area contributed by atoms with Crippen LogP contribution >= 0.6 is 45.9 Å². The molecule has 0 bridgehead atoms. The van der Waals surface area contributed by atoms with Crippen LogP contribution in [0.5, 0.6) is 0 Å². The standard InChI is InChI=1S/2C24H25ClN2O3S/c2*1-5-26-20(28)11-19-17-10-21(29)27(4)12-18(17)24-22(13(2)14(3)31-24)23(30-19)15-6-8-16(25)9-7-15/h2*6-10,12,19,23H,5,11H2,1-4H3,(H,26,28)/t2*19-,23?/m10/s1. The molecule has 62 heavy (non-hydrogen) atoms. The number of aromatic nitrogens is 2. The summed E-state index contributed by atoms with van der Waals surface area (Å²) in [6.45, 7) is 13.3. The van der Waals surface area contributed by atoms with Gasteiger partial charge in [-0.05, 0) is 99.2 Å². The topological polar surface area (TPSA) is 121 Å². The molecule has 8 rings (SSSR count). The van der Waals surface area contributed by atoms with Gasteiger partial charge >= 0.3 is 0 Å². The summed E-state index contributed by atoms with van der Waals surface area (Å²) in [5.41, 5.74) is 9.59. The van der Waals surface area contributed by atoms with Crippen molar-refractivity contribution in [1.82, 2.24) is 19.8 Å². The van der Waals surface area contributed by atoms with Gasteiger partial charge in [0.2, 0.25) is 11.8 Å². The Morgan fingerprint density at radius 1 is 0.629 bits per heavy atom. The number of aryl methyl sites for hydroxylation is 4. The maximum Gasteiger partial charge on any atom is 0.250 e. The van der Waals surface area contributed by atoms with Gasteiger partial charge in [0.15, 0.2) is 0 Å². The summed E-state index contributed by atoms with van der Waals surface area (Å²) < 4.78 is 16.5. The number of halogens is 2. The molecule has 4 aromatic heterocycles. The van der Waals surface area contributed by atoms with Gasteiger partial charge in [0.25, 0.3) is 11.1 Å². The Bertz CT molecular complexity index is 2580. The zero-order chi connectivity index (χ0) is 44.6. The van der Waals surface area contributed by atoms with E-state index < -0.39 is 12.2 Å². The van der Waals surface area contributed by atoms with Crippen LogP contribution in [0.1, 0.15) is 105 Å². The first-order valence-electron chi connectivity index (χ1n) is 20.6. The number of pyridine rings is 2. The van der Waals surface area contributed by atoms with Crippen LogP contribution in [0, 0.1) is 27.7 Å². The molecule has 0 aliphatic carbocycles. The van der Waals surface area contributed by atoms with Crippen molar-refractivity contribution in [3.05, 3.63) is 158 Å². The van der Waals surface area contributed by atoms with Crippen LogP contribution in [-0.4, -0.2) is 34.0 Å². The Morgan fingerprint density at radius 3 is 1.32 bits per heavy atom. The number of ether oxygens (including phenoxy) is 2. The third-order valence-electron chi connectivity index (χ3n) is 11.5. The quantitative estimate of drug-likeness (QED) is 0.157. The summed E-state index contributed by atoms with van der Waals surface area (Å²) in [5.74, 6) is -0.209. The summed E-state index contributed by atoms with van der Waals surface area (Å²) in [7, 11) is 3.49. The van der Waals surface area contributed by atoms with Gasteiger partial charge in [-0.25, -0.2) is 0 Å². The lowest BCUT2D eigenvalue weighted by atomic mass is 9.95. The predicted molar refractivity (Wildman–Crippen MR) is 250 cm³/mol. The maximum absolute atomic E-state index is 12.5. The number of hydrogen-bond acceptors (Lipinski definition) is 8. The van der Waals surface area contributed by atoms with Gasteiger partial charge < -0.3 is 29.2 Å². The molecule has 2 N–H and O–H groups in total. The molecule has 0 radical (unpaired) electrons. The lowest BCUT2D eigenvalue weighted by Crippen LogP contribution is -2.26. The second-order valence-electron chi connectivity index (χ2n) is 15.7. The Balaban J connectivity index is 0.000000186. The summed E-state index contributed by atoms with van der Waals surface area (Å²) in [5, 5.41) is 7.01. The van der Waals surface area contributed by atoms with Gasteiger partial charge in [-0.3, -0.25) is 19.2 Å². The number of nitrogens with one attached hydrogen (secondary N) is 2. The molecular formula is C48H50Cl2N4O6S2. The van der Waals surface area contributed by atoms with Crippen molar-refractivity contribution in [2.24, 2.45) is 14.1 Å². The van der Waals surface area contributed by atoms with Crippen molar-refractivity contribution >= 4 is 57.7 Å². The average molecular weight is 914 g/mol. The molecule has 0 saturated carbocycles. The van der Waals surface area contributed by atoms with E-state index in [1.165, 1.54) is 20.9 Å². The van der Waals surface area contributed by atoms with E-state index in [2.05, 4.69) is 38.3 Å². The zero-order valence-electron chi connectivity index (χ0n) is 36.0. The van der Waals surface area contributed by atoms with Crippen LogP contribution in [0.4, 0.5) is 0 Å². The van der Waals surface area contributed by atoms with E-state index in [9.17, 15) is 19.2 Å². The predicted octanol–water partition coefficient (Wildman–Crippen LogP) is 10.1. The molecule has 6 aromatic rings. The number of carbonyl (C=O) groups is 2. The van der Waals surface area contributed by atoms with E-state index in [-0.39, 0.29) is 48.0 Å². The Kier molecular flexibility index (Phi) is 13.8. The van der Waals surface area contributed by atoms with Crippen LogP contribution in [0.15, 0.2) is 82.6 Å². The first kappa shape index (κ1) is 45.2. The van der Waals surface area contributed by atoms with E-state index in [4.69, 9.17) is 32.7 Å². The molecule has 10 nitrogen and oxygen atoms in total. The summed E-state index contributed by atoms with van der Waals surface area (Å²) in [4.78, 5) is 54.7. The molecule has 2 aromatic carbocycles. The van der Waals surface area contributed by atoms with Gasteiger partial charge in [0.1, 0.15) is 12.2 Å². The average Bonchev–Trinajstić information content (AvgIpc) is 3.60. The molecule has 0 fully saturated rings. The Morgan fingerprint density at radius 2 is 0.984 bits per heavy atom. The van der Waals surface area contributed by atoms with E-state index in [0.717, 1.165) is 54.3 Å². The van der Waals surface area contributed by atoms with Crippen molar-refractivity contribution in [3.63, 3.8) is 0 Å². The molecule has 324 valence electrons. The van der Waals surface area contributed by atoms with Gasteiger partial charge in [-0.2, -0.15) is 0 Å². The summed E-state index contributed by atoms with van der Waals surface area (Å²) in [6.07, 6.45) is 2.18. The third-order valence-corrected chi connectivity index (χ3v) is 14.5. The number of nitrogens with zero attached hydrogens (tertiary/aromatic N) is 2.